The standard InChI is InChI=1S/C14H21N3/c1-2-4-13-10-16-14(9-12(13)3-1)11-17-7-5-15-6-8-17/h1-4,14-16H,5-11H2. The van der Waals surface area contributed by atoms with Crippen molar-refractivity contribution >= 4 is 0 Å². The van der Waals surface area contributed by atoms with Crippen LogP contribution in [0.25, 0.3) is 0 Å². The van der Waals surface area contributed by atoms with Gasteiger partial charge in [0, 0.05) is 45.3 Å². The molecule has 0 saturated carbocycles. The van der Waals surface area contributed by atoms with Crippen LogP contribution in [0.1, 0.15) is 11.1 Å². The van der Waals surface area contributed by atoms with Gasteiger partial charge in [0.15, 0.2) is 0 Å². The van der Waals surface area contributed by atoms with Crippen molar-refractivity contribution in [2.75, 3.05) is 32.7 Å². The fourth-order valence-electron chi connectivity index (χ4n) is 2.86. The van der Waals surface area contributed by atoms with Crippen LogP contribution < -0.4 is 10.6 Å². The molecule has 1 aromatic carbocycles. The Labute approximate surface area is 103 Å². The molecular weight excluding hydrogens is 210 g/mol. The largest absolute Gasteiger partial charge is 0.314 e. The molecule has 1 atom stereocenters. The van der Waals surface area contributed by atoms with E-state index in [4.69, 9.17) is 0 Å². The van der Waals surface area contributed by atoms with Gasteiger partial charge >= 0.3 is 0 Å². The summed E-state index contributed by atoms with van der Waals surface area (Å²) in [6, 6.07) is 9.44. The first-order valence-corrected chi connectivity index (χ1v) is 6.65. The lowest BCUT2D eigenvalue weighted by atomic mass is 9.95. The molecule has 2 aliphatic rings. The van der Waals surface area contributed by atoms with Crippen molar-refractivity contribution in [3.05, 3.63) is 35.4 Å². The van der Waals surface area contributed by atoms with Gasteiger partial charge in [-0.05, 0) is 17.5 Å². The summed E-state index contributed by atoms with van der Waals surface area (Å²) in [7, 11) is 0. The van der Waals surface area contributed by atoms with Crippen molar-refractivity contribution in [2.45, 2.75) is 19.0 Å². The van der Waals surface area contributed by atoms with Gasteiger partial charge in [0.2, 0.25) is 0 Å². The molecule has 0 radical (unpaired) electrons. The Bertz CT molecular complexity index is 371. The summed E-state index contributed by atoms with van der Waals surface area (Å²) in [5, 5.41) is 7.07. The Morgan fingerprint density at radius 1 is 1.12 bits per heavy atom. The first-order valence-electron chi connectivity index (χ1n) is 6.65. The maximum Gasteiger partial charge on any atom is 0.0238 e. The van der Waals surface area contributed by atoms with Gasteiger partial charge in [-0.2, -0.15) is 0 Å². The maximum absolute atomic E-state index is 3.66. The van der Waals surface area contributed by atoms with Crippen molar-refractivity contribution in [1.82, 2.24) is 15.5 Å². The lowest BCUT2D eigenvalue weighted by Crippen LogP contribution is -2.50. The van der Waals surface area contributed by atoms with E-state index in [2.05, 4.69) is 39.8 Å². The zero-order chi connectivity index (χ0) is 11.5. The average Bonchev–Trinajstić information content (AvgIpc) is 2.40. The maximum atomic E-state index is 3.66. The highest BCUT2D eigenvalue weighted by Crippen LogP contribution is 2.16. The smallest absolute Gasteiger partial charge is 0.0238 e. The molecular formula is C14H21N3. The second-order valence-electron chi connectivity index (χ2n) is 5.10. The summed E-state index contributed by atoms with van der Waals surface area (Å²) < 4.78 is 0. The molecule has 0 aliphatic carbocycles. The van der Waals surface area contributed by atoms with Gasteiger partial charge in [0.25, 0.3) is 0 Å². The fourth-order valence-corrected chi connectivity index (χ4v) is 2.86. The van der Waals surface area contributed by atoms with Gasteiger partial charge < -0.3 is 10.6 Å². The predicted octanol–water partition coefficient (Wildman–Crippen LogP) is 0.606. The van der Waals surface area contributed by atoms with E-state index in [1.807, 2.05) is 0 Å². The SMILES string of the molecule is c1ccc2c(c1)CNC(CN1CCNCC1)C2. The summed E-state index contributed by atoms with van der Waals surface area (Å²) in [5.74, 6) is 0. The highest BCUT2D eigenvalue weighted by Gasteiger charge is 2.20. The van der Waals surface area contributed by atoms with Gasteiger partial charge in [-0.15, -0.1) is 0 Å². The highest BCUT2D eigenvalue weighted by molar-refractivity contribution is 5.29. The Hall–Kier alpha value is -0.900. The third kappa shape index (κ3) is 2.68. The van der Waals surface area contributed by atoms with Crippen LogP contribution >= 0.6 is 0 Å². The summed E-state index contributed by atoms with van der Waals surface area (Å²) >= 11 is 0. The normalized spacial score (nSPS) is 25.5. The number of benzene rings is 1. The molecule has 2 heterocycles. The van der Waals surface area contributed by atoms with Gasteiger partial charge in [0.05, 0.1) is 0 Å². The number of hydrogen-bond acceptors (Lipinski definition) is 3. The van der Waals surface area contributed by atoms with E-state index in [-0.39, 0.29) is 0 Å². The molecule has 0 aromatic heterocycles. The van der Waals surface area contributed by atoms with Gasteiger partial charge in [-0.3, -0.25) is 4.90 Å². The van der Waals surface area contributed by atoms with E-state index in [0.717, 1.165) is 19.6 Å². The van der Waals surface area contributed by atoms with Crippen molar-refractivity contribution < 1.29 is 0 Å². The Kier molecular flexibility index (Phi) is 3.41. The van der Waals surface area contributed by atoms with Gasteiger partial charge in [-0.1, -0.05) is 24.3 Å². The number of nitrogens with one attached hydrogen (secondary N) is 2. The first-order chi connectivity index (χ1) is 8.42. The topological polar surface area (TPSA) is 27.3 Å². The van der Waals surface area contributed by atoms with Crippen LogP contribution in [-0.2, 0) is 13.0 Å². The molecule has 3 rings (SSSR count). The minimum atomic E-state index is 0.628. The summed E-state index contributed by atoms with van der Waals surface area (Å²) in [4.78, 5) is 2.57. The van der Waals surface area contributed by atoms with E-state index >= 15 is 0 Å². The van der Waals surface area contributed by atoms with Gasteiger partial charge in [-0.25, -0.2) is 0 Å². The molecule has 0 amide bonds. The monoisotopic (exact) mass is 231 g/mol. The van der Waals surface area contributed by atoms with Crippen LogP contribution in [0.2, 0.25) is 0 Å². The first kappa shape index (κ1) is 11.2. The Morgan fingerprint density at radius 2 is 1.88 bits per heavy atom. The third-order valence-electron chi connectivity index (χ3n) is 3.85. The number of rotatable bonds is 2. The van der Waals surface area contributed by atoms with Crippen LogP contribution in [0.15, 0.2) is 24.3 Å². The van der Waals surface area contributed by atoms with E-state index in [1.54, 1.807) is 0 Å². The minimum absolute atomic E-state index is 0.628. The molecule has 1 saturated heterocycles. The molecule has 1 fully saturated rings. The molecule has 17 heavy (non-hydrogen) atoms. The summed E-state index contributed by atoms with van der Waals surface area (Å²) in [5.41, 5.74) is 3.01. The summed E-state index contributed by atoms with van der Waals surface area (Å²) in [6.45, 7) is 6.90. The quantitative estimate of drug-likeness (QED) is 0.781. The Balaban J connectivity index is 1.60. The summed E-state index contributed by atoms with van der Waals surface area (Å²) in [6.07, 6.45) is 1.18. The Morgan fingerprint density at radius 3 is 2.71 bits per heavy atom. The van der Waals surface area contributed by atoms with E-state index in [9.17, 15) is 0 Å². The predicted molar refractivity (Wildman–Crippen MR) is 70.1 cm³/mol. The van der Waals surface area contributed by atoms with E-state index < -0.39 is 0 Å². The fraction of sp³-hybridized carbons (Fsp3) is 0.571. The van der Waals surface area contributed by atoms with Crippen LogP contribution in [0.5, 0.6) is 0 Å². The molecule has 1 unspecified atom stereocenters. The molecule has 2 N–H and O–H groups in total. The molecule has 92 valence electrons. The molecule has 0 spiro atoms. The number of piperazine rings is 1. The van der Waals surface area contributed by atoms with Crippen LogP contribution in [0, 0.1) is 0 Å². The van der Waals surface area contributed by atoms with Crippen LogP contribution in [0.4, 0.5) is 0 Å². The zero-order valence-electron chi connectivity index (χ0n) is 10.3. The molecule has 2 aliphatic heterocycles. The number of hydrogen-bond donors (Lipinski definition) is 2. The van der Waals surface area contributed by atoms with Gasteiger partial charge in [0.1, 0.15) is 0 Å². The van der Waals surface area contributed by atoms with E-state index in [1.165, 1.54) is 37.2 Å². The second kappa shape index (κ2) is 5.17. The molecule has 1 aromatic rings. The third-order valence-corrected chi connectivity index (χ3v) is 3.85. The zero-order valence-corrected chi connectivity index (χ0v) is 10.3. The van der Waals surface area contributed by atoms with Crippen molar-refractivity contribution in [3.63, 3.8) is 0 Å². The van der Waals surface area contributed by atoms with Crippen molar-refractivity contribution in [1.29, 1.82) is 0 Å². The lowest BCUT2D eigenvalue weighted by Gasteiger charge is -2.33. The van der Waals surface area contributed by atoms with Crippen LogP contribution in [0.3, 0.4) is 0 Å². The minimum Gasteiger partial charge on any atom is -0.314 e. The van der Waals surface area contributed by atoms with Crippen LogP contribution in [-0.4, -0.2) is 43.7 Å². The second-order valence-corrected chi connectivity index (χ2v) is 5.10. The molecule has 3 heteroatoms. The average molecular weight is 231 g/mol. The highest BCUT2D eigenvalue weighted by atomic mass is 15.2. The number of fused-ring (bicyclic) bond motifs is 1. The van der Waals surface area contributed by atoms with Crippen molar-refractivity contribution in [3.8, 4) is 0 Å². The van der Waals surface area contributed by atoms with Crippen molar-refractivity contribution in [2.24, 2.45) is 0 Å². The number of nitrogens with zero attached hydrogens (tertiary/aromatic N) is 1. The van der Waals surface area contributed by atoms with E-state index in [0.29, 0.717) is 6.04 Å². The molecule has 3 nitrogen and oxygen atoms in total. The lowest BCUT2D eigenvalue weighted by molar-refractivity contribution is 0.211. The molecule has 0 bridgehead atoms.